The highest BCUT2D eigenvalue weighted by Gasteiger charge is 2.29. The maximum atomic E-state index is 5.08. The summed E-state index contributed by atoms with van der Waals surface area (Å²) in [5.41, 5.74) is 0. The zero-order valence-electron chi connectivity index (χ0n) is 7.21. The fourth-order valence-corrected chi connectivity index (χ4v) is 1.07. The first-order valence-corrected chi connectivity index (χ1v) is 4.43. The molecule has 1 N–H and O–H groups in total. The number of rotatable bonds is 4. The molecule has 0 aliphatic heterocycles. The SMILES string of the molecule is CCNCc1noc(C2CC2)n1. The van der Waals surface area contributed by atoms with E-state index in [-0.39, 0.29) is 0 Å². The Bertz CT molecular complexity index is 255. The second kappa shape index (κ2) is 3.23. The van der Waals surface area contributed by atoms with Crippen LogP contribution in [0.3, 0.4) is 0 Å². The Morgan fingerprint density at radius 3 is 3.08 bits per heavy atom. The monoisotopic (exact) mass is 167 g/mol. The van der Waals surface area contributed by atoms with E-state index >= 15 is 0 Å². The van der Waals surface area contributed by atoms with E-state index in [1.165, 1.54) is 12.8 Å². The molecule has 1 aliphatic carbocycles. The molecule has 0 aromatic carbocycles. The van der Waals surface area contributed by atoms with Gasteiger partial charge in [0.15, 0.2) is 5.82 Å². The molecule has 0 spiro atoms. The van der Waals surface area contributed by atoms with E-state index < -0.39 is 0 Å². The molecule has 0 saturated heterocycles. The van der Waals surface area contributed by atoms with Crippen molar-refractivity contribution in [2.45, 2.75) is 32.2 Å². The topological polar surface area (TPSA) is 51.0 Å². The maximum absolute atomic E-state index is 5.08. The first-order chi connectivity index (χ1) is 5.90. The van der Waals surface area contributed by atoms with Crippen LogP contribution in [0.5, 0.6) is 0 Å². The normalized spacial score (nSPS) is 16.8. The van der Waals surface area contributed by atoms with Gasteiger partial charge in [-0.05, 0) is 19.4 Å². The van der Waals surface area contributed by atoms with Gasteiger partial charge in [-0.2, -0.15) is 4.98 Å². The summed E-state index contributed by atoms with van der Waals surface area (Å²) in [5, 5.41) is 7.02. The largest absolute Gasteiger partial charge is 0.339 e. The molecule has 4 nitrogen and oxygen atoms in total. The summed E-state index contributed by atoms with van der Waals surface area (Å²) < 4.78 is 5.08. The minimum Gasteiger partial charge on any atom is -0.339 e. The summed E-state index contributed by atoms with van der Waals surface area (Å²) in [4.78, 5) is 4.27. The van der Waals surface area contributed by atoms with Gasteiger partial charge in [0.25, 0.3) is 0 Å². The van der Waals surface area contributed by atoms with Crippen molar-refractivity contribution < 1.29 is 4.52 Å². The molecule has 1 aromatic rings. The summed E-state index contributed by atoms with van der Waals surface area (Å²) in [7, 11) is 0. The van der Waals surface area contributed by atoms with Gasteiger partial charge in [0.05, 0.1) is 6.54 Å². The number of nitrogens with zero attached hydrogens (tertiary/aromatic N) is 2. The molecule has 1 aromatic heterocycles. The second-order valence-corrected chi connectivity index (χ2v) is 3.10. The minimum atomic E-state index is 0.563. The van der Waals surface area contributed by atoms with Crippen LogP contribution in [0, 0.1) is 0 Å². The predicted molar refractivity (Wildman–Crippen MR) is 43.7 cm³/mol. The lowest BCUT2D eigenvalue weighted by Gasteiger charge is -1.92. The van der Waals surface area contributed by atoms with Crippen molar-refractivity contribution in [1.82, 2.24) is 15.5 Å². The van der Waals surface area contributed by atoms with Crippen molar-refractivity contribution in [3.05, 3.63) is 11.7 Å². The summed E-state index contributed by atoms with van der Waals surface area (Å²) in [6.07, 6.45) is 2.42. The molecule has 2 rings (SSSR count). The third kappa shape index (κ3) is 1.64. The average Bonchev–Trinajstić information content (AvgIpc) is 2.83. The highest BCUT2D eigenvalue weighted by atomic mass is 16.5. The van der Waals surface area contributed by atoms with Crippen molar-refractivity contribution in [1.29, 1.82) is 0 Å². The molecule has 1 fully saturated rings. The zero-order chi connectivity index (χ0) is 8.39. The molecule has 4 heteroatoms. The third-order valence-corrected chi connectivity index (χ3v) is 1.94. The lowest BCUT2D eigenvalue weighted by molar-refractivity contribution is 0.373. The van der Waals surface area contributed by atoms with Gasteiger partial charge >= 0.3 is 0 Å². The Balaban J connectivity index is 1.93. The second-order valence-electron chi connectivity index (χ2n) is 3.10. The van der Waals surface area contributed by atoms with E-state index in [2.05, 4.69) is 22.4 Å². The van der Waals surface area contributed by atoms with Crippen LogP contribution in [-0.4, -0.2) is 16.7 Å². The van der Waals surface area contributed by atoms with Gasteiger partial charge in [-0.3, -0.25) is 0 Å². The molecule has 0 amide bonds. The van der Waals surface area contributed by atoms with E-state index in [1.54, 1.807) is 0 Å². The fraction of sp³-hybridized carbons (Fsp3) is 0.750. The van der Waals surface area contributed by atoms with Gasteiger partial charge in [-0.25, -0.2) is 0 Å². The highest BCUT2D eigenvalue weighted by molar-refractivity contribution is 5.01. The van der Waals surface area contributed by atoms with Crippen molar-refractivity contribution in [3.63, 3.8) is 0 Å². The van der Waals surface area contributed by atoms with Gasteiger partial charge in [-0.15, -0.1) is 0 Å². The van der Waals surface area contributed by atoms with Crippen molar-refractivity contribution in [3.8, 4) is 0 Å². The summed E-state index contributed by atoms with van der Waals surface area (Å²) >= 11 is 0. The number of nitrogens with one attached hydrogen (secondary N) is 1. The standard InChI is InChI=1S/C8H13N3O/c1-2-9-5-7-10-8(12-11-7)6-3-4-6/h6,9H,2-5H2,1H3. The quantitative estimate of drug-likeness (QED) is 0.728. The fourth-order valence-electron chi connectivity index (χ4n) is 1.07. The Hall–Kier alpha value is -0.900. The maximum Gasteiger partial charge on any atom is 0.229 e. The summed E-state index contributed by atoms with van der Waals surface area (Å²) in [6, 6.07) is 0. The van der Waals surface area contributed by atoms with Crippen LogP contribution < -0.4 is 5.32 Å². The number of hydrogen-bond acceptors (Lipinski definition) is 4. The Labute approximate surface area is 71.4 Å². The van der Waals surface area contributed by atoms with Crippen molar-refractivity contribution in [2.24, 2.45) is 0 Å². The lowest BCUT2D eigenvalue weighted by Crippen LogP contribution is -2.12. The molecule has 1 heterocycles. The van der Waals surface area contributed by atoms with Crippen LogP contribution in [0.2, 0.25) is 0 Å². The van der Waals surface area contributed by atoms with Crippen LogP contribution in [-0.2, 0) is 6.54 Å². The third-order valence-electron chi connectivity index (χ3n) is 1.94. The van der Waals surface area contributed by atoms with Gasteiger partial charge in [0, 0.05) is 5.92 Å². The van der Waals surface area contributed by atoms with Gasteiger partial charge < -0.3 is 9.84 Å². The van der Waals surface area contributed by atoms with Gasteiger partial charge in [0.2, 0.25) is 5.89 Å². The van der Waals surface area contributed by atoms with Crippen molar-refractivity contribution >= 4 is 0 Å². The molecule has 12 heavy (non-hydrogen) atoms. The van der Waals surface area contributed by atoms with Crippen LogP contribution in [0.4, 0.5) is 0 Å². The minimum absolute atomic E-state index is 0.563. The zero-order valence-corrected chi connectivity index (χ0v) is 7.21. The van der Waals surface area contributed by atoms with Gasteiger partial charge in [-0.1, -0.05) is 12.1 Å². The lowest BCUT2D eigenvalue weighted by atomic mass is 10.4. The number of aromatic nitrogens is 2. The Kier molecular flexibility index (Phi) is 2.08. The van der Waals surface area contributed by atoms with E-state index in [0.717, 1.165) is 18.3 Å². The molecular weight excluding hydrogens is 154 g/mol. The Morgan fingerprint density at radius 1 is 1.58 bits per heavy atom. The van der Waals surface area contributed by atoms with E-state index in [9.17, 15) is 0 Å². The molecule has 1 aliphatic rings. The molecular formula is C8H13N3O. The van der Waals surface area contributed by atoms with E-state index in [1.807, 2.05) is 0 Å². The predicted octanol–water partition coefficient (Wildman–Crippen LogP) is 1.06. The van der Waals surface area contributed by atoms with Crippen LogP contribution in [0.1, 0.15) is 37.4 Å². The average molecular weight is 167 g/mol. The number of hydrogen-bond donors (Lipinski definition) is 1. The van der Waals surface area contributed by atoms with Gasteiger partial charge in [0.1, 0.15) is 0 Å². The van der Waals surface area contributed by atoms with Crippen LogP contribution >= 0.6 is 0 Å². The molecule has 0 atom stereocenters. The Morgan fingerprint density at radius 2 is 2.42 bits per heavy atom. The van der Waals surface area contributed by atoms with Crippen LogP contribution in [0.25, 0.3) is 0 Å². The molecule has 0 bridgehead atoms. The first-order valence-electron chi connectivity index (χ1n) is 4.43. The summed E-state index contributed by atoms with van der Waals surface area (Å²) in [6.45, 7) is 3.71. The molecule has 0 radical (unpaired) electrons. The molecule has 0 unspecified atom stereocenters. The smallest absolute Gasteiger partial charge is 0.229 e. The molecule has 66 valence electrons. The van der Waals surface area contributed by atoms with Crippen LogP contribution in [0.15, 0.2) is 4.52 Å². The molecule has 1 saturated carbocycles. The van der Waals surface area contributed by atoms with E-state index in [4.69, 9.17) is 4.52 Å². The van der Waals surface area contributed by atoms with Crippen molar-refractivity contribution in [2.75, 3.05) is 6.54 Å². The first kappa shape index (κ1) is 7.73. The van der Waals surface area contributed by atoms with E-state index in [0.29, 0.717) is 12.5 Å². The highest BCUT2D eigenvalue weighted by Crippen LogP contribution is 2.38. The summed E-state index contributed by atoms with van der Waals surface area (Å²) in [5.74, 6) is 2.16.